The third-order valence-electron chi connectivity index (χ3n) is 5.90. The van der Waals surface area contributed by atoms with E-state index in [9.17, 15) is 9.90 Å². The van der Waals surface area contributed by atoms with Crippen molar-refractivity contribution in [2.24, 2.45) is 5.41 Å². The van der Waals surface area contributed by atoms with Crippen LogP contribution in [0.25, 0.3) is 0 Å². The largest absolute Gasteiger partial charge is 0.396 e. The highest BCUT2D eigenvalue weighted by molar-refractivity contribution is 5.79. The molecule has 3 rings (SSSR count). The summed E-state index contributed by atoms with van der Waals surface area (Å²) in [5, 5.41) is 10.1. The minimum absolute atomic E-state index is 0.134. The summed E-state index contributed by atoms with van der Waals surface area (Å²) in [4.78, 5) is 14.8. The number of carbonyl (C=O) groups is 1. The second kappa shape index (κ2) is 8.66. The van der Waals surface area contributed by atoms with Gasteiger partial charge in [0.2, 0.25) is 5.91 Å². The number of aliphatic hydroxyl groups is 1. The molecule has 0 radical (unpaired) electrons. The van der Waals surface area contributed by atoms with Gasteiger partial charge in [-0.15, -0.1) is 0 Å². The smallest absolute Gasteiger partial charge is 0.226 e. The molecule has 1 fully saturated rings. The van der Waals surface area contributed by atoms with Crippen molar-refractivity contribution < 1.29 is 9.90 Å². The van der Waals surface area contributed by atoms with Gasteiger partial charge < -0.3 is 10.0 Å². The van der Waals surface area contributed by atoms with Crippen LogP contribution in [-0.2, 0) is 11.2 Å². The van der Waals surface area contributed by atoms with E-state index in [0.717, 1.165) is 45.1 Å². The van der Waals surface area contributed by atoms with E-state index in [0.29, 0.717) is 13.0 Å². The highest BCUT2D eigenvalue weighted by Crippen LogP contribution is 2.35. The molecule has 0 saturated carbocycles. The fourth-order valence-electron chi connectivity index (χ4n) is 4.26. The van der Waals surface area contributed by atoms with Crippen LogP contribution in [0.1, 0.15) is 56.9 Å². The van der Waals surface area contributed by atoms with Gasteiger partial charge in [0.15, 0.2) is 0 Å². The zero-order valence-corrected chi connectivity index (χ0v) is 15.3. The Hall–Kier alpha value is -1.61. The van der Waals surface area contributed by atoms with Crippen LogP contribution in [0.5, 0.6) is 0 Å². The third kappa shape index (κ3) is 4.94. The topological polar surface area (TPSA) is 40.5 Å². The van der Waals surface area contributed by atoms with Crippen LogP contribution in [0, 0.1) is 5.41 Å². The van der Waals surface area contributed by atoms with E-state index >= 15 is 0 Å². The minimum Gasteiger partial charge on any atom is -0.396 e. The molecule has 1 aliphatic heterocycles. The summed E-state index contributed by atoms with van der Waals surface area (Å²) >= 11 is 0. The fourth-order valence-corrected chi connectivity index (χ4v) is 4.26. The van der Waals surface area contributed by atoms with Gasteiger partial charge in [0.1, 0.15) is 0 Å². The maximum atomic E-state index is 12.7. The Balaban J connectivity index is 1.59. The lowest BCUT2D eigenvalue weighted by Gasteiger charge is -2.42. The molecule has 0 bridgehead atoms. The number of allylic oxidation sites excluding steroid dienone is 1. The van der Waals surface area contributed by atoms with Crippen LogP contribution in [0.15, 0.2) is 42.0 Å². The Bertz CT molecular complexity index is 595. The van der Waals surface area contributed by atoms with Crippen molar-refractivity contribution in [1.82, 2.24) is 4.90 Å². The molecule has 2 aliphatic rings. The summed E-state index contributed by atoms with van der Waals surface area (Å²) in [6.07, 6.45) is 11.5. The van der Waals surface area contributed by atoms with Crippen LogP contribution >= 0.6 is 0 Å². The van der Waals surface area contributed by atoms with E-state index < -0.39 is 0 Å². The monoisotopic (exact) mass is 341 g/mol. The number of piperidine rings is 1. The third-order valence-corrected chi connectivity index (χ3v) is 5.90. The Morgan fingerprint density at radius 1 is 1.16 bits per heavy atom. The number of hydrogen-bond donors (Lipinski definition) is 1. The van der Waals surface area contributed by atoms with Gasteiger partial charge in [-0.1, -0.05) is 42.0 Å². The molecule has 1 aliphatic carbocycles. The molecule has 25 heavy (non-hydrogen) atoms. The number of benzene rings is 1. The number of aliphatic hydroxyl groups excluding tert-OH is 1. The van der Waals surface area contributed by atoms with Gasteiger partial charge in [-0.25, -0.2) is 0 Å². The van der Waals surface area contributed by atoms with E-state index in [-0.39, 0.29) is 17.9 Å². The van der Waals surface area contributed by atoms with Crippen molar-refractivity contribution in [3.8, 4) is 0 Å². The second-order valence-electron chi connectivity index (χ2n) is 7.85. The van der Waals surface area contributed by atoms with E-state index in [1.807, 2.05) is 11.0 Å². The summed E-state index contributed by atoms with van der Waals surface area (Å²) in [5.74, 6) is 0.255. The summed E-state index contributed by atoms with van der Waals surface area (Å²) in [6.45, 7) is 1.73. The molecule has 1 aromatic rings. The molecular weight excluding hydrogens is 310 g/mol. The molecule has 3 heteroatoms. The number of aryl methyl sites for hydroxylation is 1. The molecule has 1 aromatic carbocycles. The van der Waals surface area contributed by atoms with Gasteiger partial charge in [-0.05, 0) is 56.9 Å². The molecule has 1 saturated heterocycles. The minimum atomic E-state index is -0.134. The van der Waals surface area contributed by atoms with Crippen molar-refractivity contribution in [3.05, 3.63) is 47.5 Å². The van der Waals surface area contributed by atoms with E-state index in [2.05, 4.69) is 30.3 Å². The summed E-state index contributed by atoms with van der Waals surface area (Å²) in [5.41, 5.74) is 2.50. The van der Waals surface area contributed by atoms with Crippen LogP contribution in [0.2, 0.25) is 0 Å². The van der Waals surface area contributed by atoms with Crippen molar-refractivity contribution in [1.29, 1.82) is 0 Å². The molecule has 0 aromatic heterocycles. The van der Waals surface area contributed by atoms with Crippen LogP contribution in [-0.4, -0.2) is 35.6 Å². The summed E-state index contributed by atoms with van der Waals surface area (Å²) in [6, 6.07) is 10.5. The molecular formula is C22H31NO2. The fraction of sp³-hybridized carbons (Fsp3) is 0.591. The zero-order chi connectivity index (χ0) is 17.5. The first kappa shape index (κ1) is 18.2. The number of amides is 1. The molecule has 1 N–H and O–H groups in total. The van der Waals surface area contributed by atoms with Gasteiger partial charge in [0, 0.05) is 24.9 Å². The van der Waals surface area contributed by atoms with Crippen LogP contribution in [0.3, 0.4) is 0 Å². The van der Waals surface area contributed by atoms with E-state index in [1.54, 1.807) is 0 Å². The first-order chi connectivity index (χ1) is 12.2. The van der Waals surface area contributed by atoms with Gasteiger partial charge >= 0.3 is 0 Å². The summed E-state index contributed by atoms with van der Waals surface area (Å²) in [7, 11) is 0. The highest BCUT2D eigenvalue weighted by Gasteiger charge is 2.36. The second-order valence-corrected chi connectivity index (χ2v) is 7.85. The Morgan fingerprint density at radius 2 is 2.00 bits per heavy atom. The number of rotatable bonds is 6. The summed E-state index contributed by atoms with van der Waals surface area (Å²) < 4.78 is 0. The molecule has 3 nitrogen and oxygen atoms in total. The lowest BCUT2D eigenvalue weighted by atomic mass is 9.76. The van der Waals surface area contributed by atoms with E-state index in [1.165, 1.54) is 24.0 Å². The Morgan fingerprint density at radius 3 is 2.72 bits per heavy atom. The Kier molecular flexibility index (Phi) is 6.30. The maximum absolute atomic E-state index is 12.7. The van der Waals surface area contributed by atoms with Gasteiger partial charge in [0.25, 0.3) is 0 Å². The molecule has 1 atom stereocenters. The van der Waals surface area contributed by atoms with Crippen LogP contribution in [0.4, 0.5) is 0 Å². The lowest BCUT2D eigenvalue weighted by molar-refractivity contribution is -0.135. The number of likely N-dealkylation sites (tertiary alicyclic amines) is 1. The van der Waals surface area contributed by atoms with Crippen molar-refractivity contribution in [2.45, 2.75) is 57.8 Å². The standard InChI is InChI=1S/C22H31NO2/c24-18-22(14-12-19-8-3-1-4-9-19)13-7-15-23(17-22)21(25)16-20-10-5-2-6-11-20/h1,3-4,8-10,24H,2,5-7,11-18H2/t22-/m1/s1. The molecule has 1 heterocycles. The van der Waals surface area contributed by atoms with Crippen molar-refractivity contribution >= 4 is 5.91 Å². The first-order valence-electron chi connectivity index (χ1n) is 9.81. The molecule has 0 spiro atoms. The normalized spacial score (nSPS) is 24.0. The average molecular weight is 341 g/mol. The van der Waals surface area contributed by atoms with Gasteiger partial charge in [-0.3, -0.25) is 4.79 Å². The SMILES string of the molecule is O=C(CC1=CCCCC1)N1CCC[C@@](CO)(CCc2ccccc2)C1. The highest BCUT2D eigenvalue weighted by atomic mass is 16.3. The van der Waals surface area contributed by atoms with Gasteiger partial charge in [0.05, 0.1) is 6.61 Å². The predicted octanol–water partition coefficient (Wildman–Crippen LogP) is 4.11. The quantitative estimate of drug-likeness (QED) is 0.791. The van der Waals surface area contributed by atoms with Crippen LogP contribution < -0.4 is 0 Å². The van der Waals surface area contributed by atoms with Crippen molar-refractivity contribution in [3.63, 3.8) is 0 Å². The number of nitrogens with zero attached hydrogens (tertiary/aromatic N) is 1. The van der Waals surface area contributed by atoms with Gasteiger partial charge in [-0.2, -0.15) is 0 Å². The van der Waals surface area contributed by atoms with Crippen molar-refractivity contribution in [2.75, 3.05) is 19.7 Å². The van der Waals surface area contributed by atoms with E-state index in [4.69, 9.17) is 0 Å². The number of hydrogen-bond acceptors (Lipinski definition) is 2. The number of carbonyl (C=O) groups excluding carboxylic acids is 1. The Labute approximate surface area is 151 Å². The molecule has 136 valence electrons. The zero-order valence-electron chi connectivity index (χ0n) is 15.3. The predicted molar refractivity (Wildman–Crippen MR) is 101 cm³/mol. The lowest BCUT2D eigenvalue weighted by Crippen LogP contribution is -2.48. The maximum Gasteiger partial charge on any atom is 0.226 e. The first-order valence-corrected chi connectivity index (χ1v) is 9.81. The molecule has 1 amide bonds. The average Bonchev–Trinajstić information content (AvgIpc) is 2.68. The molecule has 0 unspecified atom stereocenters.